The fourth-order valence-electron chi connectivity index (χ4n) is 2.44. The number of hydrogen-bond acceptors (Lipinski definition) is 2. The minimum absolute atomic E-state index is 0.448. The minimum atomic E-state index is -0.448. The normalized spacial score (nSPS) is 24.7. The first-order chi connectivity index (χ1) is 6.02. The van der Waals surface area contributed by atoms with E-state index in [0.29, 0.717) is 11.8 Å². The summed E-state index contributed by atoms with van der Waals surface area (Å²) in [6.45, 7) is 8.49. The smallest absolute Gasteiger partial charge is 0.0651 e. The fraction of sp³-hybridized carbons (Fsp3) is 1.00. The van der Waals surface area contributed by atoms with Gasteiger partial charge in [0.05, 0.1) is 5.60 Å². The SMILES string of the molecule is CC(C)CC(C)(O)C1CCNCC1. The molecule has 1 unspecified atom stereocenters. The Balaban J connectivity index is 2.45. The summed E-state index contributed by atoms with van der Waals surface area (Å²) in [5.74, 6) is 1.08. The molecule has 0 aromatic heterocycles. The Morgan fingerprint density at radius 1 is 1.38 bits per heavy atom. The van der Waals surface area contributed by atoms with Crippen LogP contribution >= 0.6 is 0 Å². The van der Waals surface area contributed by atoms with Gasteiger partial charge >= 0.3 is 0 Å². The van der Waals surface area contributed by atoms with Crippen LogP contribution in [0.1, 0.15) is 40.0 Å². The first-order valence-corrected chi connectivity index (χ1v) is 5.45. The van der Waals surface area contributed by atoms with Crippen molar-refractivity contribution in [1.29, 1.82) is 0 Å². The molecule has 1 fully saturated rings. The molecule has 1 aliphatic heterocycles. The Morgan fingerprint density at radius 3 is 2.38 bits per heavy atom. The van der Waals surface area contributed by atoms with E-state index in [0.717, 1.165) is 32.4 Å². The summed E-state index contributed by atoms with van der Waals surface area (Å²) >= 11 is 0. The van der Waals surface area contributed by atoms with Crippen LogP contribution in [0.15, 0.2) is 0 Å². The van der Waals surface area contributed by atoms with E-state index >= 15 is 0 Å². The van der Waals surface area contributed by atoms with Gasteiger partial charge in [-0.1, -0.05) is 13.8 Å². The molecule has 1 saturated heterocycles. The van der Waals surface area contributed by atoms with Crippen molar-refractivity contribution in [2.24, 2.45) is 11.8 Å². The highest BCUT2D eigenvalue weighted by atomic mass is 16.3. The fourth-order valence-corrected chi connectivity index (χ4v) is 2.44. The van der Waals surface area contributed by atoms with Crippen LogP contribution in [0.5, 0.6) is 0 Å². The van der Waals surface area contributed by atoms with Crippen LogP contribution in [0, 0.1) is 11.8 Å². The maximum atomic E-state index is 10.3. The van der Waals surface area contributed by atoms with Crippen molar-refractivity contribution >= 4 is 0 Å². The first-order valence-electron chi connectivity index (χ1n) is 5.45. The van der Waals surface area contributed by atoms with E-state index in [9.17, 15) is 5.11 Å². The Kier molecular flexibility index (Phi) is 3.74. The Bertz CT molecular complexity index is 148. The zero-order valence-electron chi connectivity index (χ0n) is 9.14. The van der Waals surface area contributed by atoms with Gasteiger partial charge < -0.3 is 10.4 Å². The second-order valence-corrected chi connectivity index (χ2v) is 4.98. The highest BCUT2D eigenvalue weighted by Crippen LogP contribution is 2.30. The van der Waals surface area contributed by atoms with Gasteiger partial charge in [-0.25, -0.2) is 0 Å². The summed E-state index contributed by atoms with van der Waals surface area (Å²) < 4.78 is 0. The van der Waals surface area contributed by atoms with Gasteiger partial charge in [-0.05, 0) is 51.1 Å². The van der Waals surface area contributed by atoms with Crippen molar-refractivity contribution in [3.8, 4) is 0 Å². The molecule has 2 heteroatoms. The molecule has 0 amide bonds. The largest absolute Gasteiger partial charge is 0.390 e. The predicted molar refractivity (Wildman–Crippen MR) is 55.7 cm³/mol. The number of aliphatic hydroxyl groups is 1. The zero-order valence-corrected chi connectivity index (χ0v) is 9.14. The van der Waals surface area contributed by atoms with E-state index in [2.05, 4.69) is 19.2 Å². The van der Waals surface area contributed by atoms with Crippen LogP contribution in [0.3, 0.4) is 0 Å². The molecular weight excluding hydrogens is 162 g/mol. The summed E-state index contributed by atoms with van der Waals surface area (Å²) in [5.41, 5.74) is -0.448. The highest BCUT2D eigenvalue weighted by molar-refractivity contribution is 4.86. The van der Waals surface area contributed by atoms with E-state index in [1.54, 1.807) is 0 Å². The van der Waals surface area contributed by atoms with Crippen LogP contribution in [0.25, 0.3) is 0 Å². The third-order valence-corrected chi connectivity index (χ3v) is 3.04. The lowest BCUT2D eigenvalue weighted by atomic mass is 9.77. The molecule has 2 N–H and O–H groups in total. The third kappa shape index (κ3) is 3.28. The molecule has 0 saturated carbocycles. The summed E-state index contributed by atoms with van der Waals surface area (Å²) in [6, 6.07) is 0. The molecule has 1 aliphatic rings. The molecule has 1 heterocycles. The molecule has 1 rings (SSSR count). The van der Waals surface area contributed by atoms with Crippen LogP contribution in [0.4, 0.5) is 0 Å². The van der Waals surface area contributed by atoms with Gasteiger partial charge in [-0.15, -0.1) is 0 Å². The first kappa shape index (κ1) is 11.0. The standard InChI is InChI=1S/C11H23NO/c1-9(2)8-11(3,13)10-4-6-12-7-5-10/h9-10,12-13H,4-8H2,1-3H3. The van der Waals surface area contributed by atoms with Crippen molar-refractivity contribution in [3.63, 3.8) is 0 Å². The molecule has 0 bridgehead atoms. The van der Waals surface area contributed by atoms with E-state index in [1.807, 2.05) is 6.92 Å². The molecule has 0 aromatic rings. The van der Waals surface area contributed by atoms with E-state index in [4.69, 9.17) is 0 Å². The van der Waals surface area contributed by atoms with E-state index in [-0.39, 0.29) is 0 Å². The molecule has 0 radical (unpaired) electrons. The molecule has 0 aliphatic carbocycles. The molecule has 0 aromatic carbocycles. The monoisotopic (exact) mass is 185 g/mol. The highest BCUT2D eigenvalue weighted by Gasteiger charge is 2.32. The van der Waals surface area contributed by atoms with Crippen LogP contribution in [-0.4, -0.2) is 23.8 Å². The predicted octanol–water partition coefficient (Wildman–Crippen LogP) is 1.78. The lowest BCUT2D eigenvalue weighted by Gasteiger charge is -2.37. The quantitative estimate of drug-likeness (QED) is 0.702. The summed E-state index contributed by atoms with van der Waals surface area (Å²) in [4.78, 5) is 0. The van der Waals surface area contributed by atoms with Crippen molar-refractivity contribution < 1.29 is 5.11 Å². The molecule has 1 atom stereocenters. The number of piperidine rings is 1. The van der Waals surface area contributed by atoms with Crippen molar-refractivity contribution in [2.45, 2.75) is 45.6 Å². The number of nitrogens with one attached hydrogen (secondary N) is 1. The van der Waals surface area contributed by atoms with Gasteiger partial charge in [0.1, 0.15) is 0 Å². The molecule has 78 valence electrons. The Hall–Kier alpha value is -0.0800. The average Bonchev–Trinajstić information content (AvgIpc) is 2.04. The number of rotatable bonds is 3. The second-order valence-electron chi connectivity index (χ2n) is 4.98. The molecule has 0 spiro atoms. The summed E-state index contributed by atoms with van der Waals surface area (Å²) in [5, 5.41) is 13.6. The van der Waals surface area contributed by atoms with Crippen molar-refractivity contribution in [2.75, 3.05) is 13.1 Å². The van der Waals surface area contributed by atoms with Gasteiger partial charge in [0.2, 0.25) is 0 Å². The van der Waals surface area contributed by atoms with Gasteiger partial charge in [0.25, 0.3) is 0 Å². The Morgan fingerprint density at radius 2 is 1.92 bits per heavy atom. The third-order valence-electron chi connectivity index (χ3n) is 3.04. The minimum Gasteiger partial charge on any atom is -0.390 e. The maximum absolute atomic E-state index is 10.3. The van der Waals surface area contributed by atoms with Gasteiger partial charge in [0.15, 0.2) is 0 Å². The van der Waals surface area contributed by atoms with E-state index in [1.165, 1.54) is 0 Å². The molecular formula is C11H23NO. The second kappa shape index (κ2) is 4.43. The van der Waals surface area contributed by atoms with Crippen LogP contribution in [0.2, 0.25) is 0 Å². The van der Waals surface area contributed by atoms with Gasteiger partial charge in [-0.2, -0.15) is 0 Å². The van der Waals surface area contributed by atoms with Gasteiger partial charge in [0, 0.05) is 0 Å². The number of hydrogen-bond donors (Lipinski definition) is 2. The van der Waals surface area contributed by atoms with Crippen molar-refractivity contribution in [1.82, 2.24) is 5.32 Å². The Labute approximate surface area is 81.7 Å². The van der Waals surface area contributed by atoms with Crippen molar-refractivity contribution in [3.05, 3.63) is 0 Å². The average molecular weight is 185 g/mol. The van der Waals surface area contributed by atoms with Crippen LogP contribution < -0.4 is 5.32 Å². The zero-order chi connectivity index (χ0) is 9.90. The topological polar surface area (TPSA) is 32.3 Å². The lowest BCUT2D eigenvalue weighted by molar-refractivity contribution is -0.0301. The lowest BCUT2D eigenvalue weighted by Crippen LogP contribution is -2.42. The summed E-state index contributed by atoms with van der Waals surface area (Å²) in [6.07, 6.45) is 3.18. The maximum Gasteiger partial charge on any atom is 0.0651 e. The molecule has 13 heavy (non-hydrogen) atoms. The van der Waals surface area contributed by atoms with Crippen LogP contribution in [-0.2, 0) is 0 Å². The summed E-state index contributed by atoms with van der Waals surface area (Å²) in [7, 11) is 0. The van der Waals surface area contributed by atoms with E-state index < -0.39 is 5.60 Å². The van der Waals surface area contributed by atoms with Gasteiger partial charge in [-0.3, -0.25) is 0 Å². The molecule has 2 nitrogen and oxygen atoms in total.